The van der Waals surface area contributed by atoms with Crippen LogP contribution in [-0.4, -0.2) is 16.3 Å². The van der Waals surface area contributed by atoms with Crippen LogP contribution in [-0.2, 0) is 13.0 Å². The summed E-state index contributed by atoms with van der Waals surface area (Å²) in [4.78, 5) is 0. The SMILES string of the molecule is CCn1nc2c(Br)cccc2c1CCN. The minimum Gasteiger partial charge on any atom is -0.330 e. The molecule has 2 aromatic rings. The maximum absolute atomic E-state index is 5.62. The van der Waals surface area contributed by atoms with Crippen LogP contribution >= 0.6 is 15.9 Å². The zero-order valence-electron chi connectivity index (χ0n) is 8.70. The number of aryl methyl sites for hydroxylation is 1. The van der Waals surface area contributed by atoms with E-state index in [1.165, 1.54) is 11.1 Å². The Morgan fingerprint density at radius 3 is 2.93 bits per heavy atom. The molecule has 2 rings (SSSR count). The van der Waals surface area contributed by atoms with Gasteiger partial charge in [-0.3, -0.25) is 4.68 Å². The Morgan fingerprint density at radius 1 is 1.47 bits per heavy atom. The number of hydrogen-bond donors (Lipinski definition) is 1. The molecule has 0 aliphatic rings. The number of fused-ring (bicyclic) bond motifs is 1. The van der Waals surface area contributed by atoms with Crippen LogP contribution in [0.3, 0.4) is 0 Å². The van der Waals surface area contributed by atoms with Gasteiger partial charge in [0, 0.05) is 28.5 Å². The Kier molecular flexibility index (Phi) is 3.07. The lowest BCUT2D eigenvalue weighted by Gasteiger charge is -2.02. The summed E-state index contributed by atoms with van der Waals surface area (Å²) in [5.41, 5.74) is 7.88. The van der Waals surface area contributed by atoms with E-state index in [-0.39, 0.29) is 0 Å². The second kappa shape index (κ2) is 4.33. The molecule has 2 N–H and O–H groups in total. The summed E-state index contributed by atoms with van der Waals surface area (Å²) in [7, 11) is 0. The molecule has 1 aromatic carbocycles. The van der Waals surface area contributed by atoms with E-state index in [0.29, 0.717) is 6.54 Å². The average molecular weight is 268 g/mol. The average Bonchev–Trinajstić information content (AvgIpc) is 2.59. The Morgan fingerprint density at radius 2 is 2.27 bits per heavy atom. The highest BCUT2D eigenvalue weighted by molar-refractivity contribution is 9.10. The molecule has 0 aliphatic carbocycles. The predicted octanol–water partition coefficient (Wildman–Crippen LogP) is 2.32. The number of halogens is 1. The van der Waals surface area contributed by atoms with Crippen molar-refractivity contribution in [3.63, 3.8) is 0 Å². The molecule has 0 fully saturated rings. The molecule has 1 aromatic heterocycles. The normalized spacial score (nSPS) is 11.1. The molecule has 0 aliphatic heterocycles. The lowest BCUT2D eigenvalue weighted by molar-refractivity contribution is 0.627. The largest absolute Gasteiger partial charge is 0.330 e. The fourth-order valence-corrected chi connectivity index (χ4v) is 2.28. The number of nitrogens with zero attached hydrogens (tertiary/aromatic N) is 2. The summed E-state index contributed by atoms with van der Waals surface area (Å²) >= 11 is 3.52. The van der Waals surface area contributed by atoms with Crippen LogP contribution in [0.1, 0.15) is 12.6 Å². The summed E-state index contributed by atoms with van der Waals surface area (Å²) in [5, 5.41) is 5.77. The summed E-state index contributed by atoms with van der Waals surface area (Å²) in [6.07, 6.45) is 0.876. The molecule has 3 nitrogen and oxygen atoms in total. The second-order valence-electron chi connectivity index (χ2n) is 3.44. The van der Waals surface area contributed by atoms with E-state index in [2.05, 4.69) is 34.0 Å². The van der Waals surface area contributed by atoms with E-state index in [1.807, 2.05) is 16.8 Å². The summed E-state index contributed by atoms with van der Waals surface area (Å²) < 4.78 is 3.08. The molecule has 0 atom stereocenters. The van der Waals surface area contributed by atoms with E-state index in [0.717, 1.165) is 23.0 Å². The van der Waals surface area contributed by atoms with E-state index < -0.39 is 0 Å². The van der Waals surface area contributed by atoms with Crippen LogP contribution in [0, 0.1) is 0 Å². The van der Waals surface area contributed by atoms with E-state index in [1.54, 1.807) is 0 Å². The number of rotatable bonds is 3. The Hall–Kier alpha value is -0.870. The molecular formula is C11H14BrN3. The quantitative estimate of drug-likeness (QED) is 0.928. The monoisotopic (exact) mass is 267 g/mol. The van der Waals surface area contributed by atoms with E-state index in [4.69, 9.17) is 5.73 Å². The van der Waals surface area contributed by atoms with Gasteiger partial charge in [0.05, 0.1) is 0 Å². The van der Waals surface area contributed by atoms with E-state index >= 15 is 0 Å². The Balaban J connectivity index is 2.68. The maximum Gasteiger partial charge on any atom is 0.107 e. The van der Waals surface area contributed by atoms with Gasteiger partial charge in [0.15, 0.2) is 0 Å². The van der Waals surface area contributed by atoms with Gasteiger partial charge in [-0.15, -0.1) is 0 Å². The van der Waals surface area contributed by atoms with Crippen LogP contribution in [0.15, 0.2) is 22.7 Å². The number of benzene rings is 1. The van der Waals surface area contributed by atoms with Gasteiger partial charge in [-0.1, -0.05) is 12.1 Å². The van der Waals surface area contributed by atoms with Crippen molar-refractivity contribution in [2.24, 2.45) is 5.73 Å². The Bertz CT molecular complexity index is 476. The van der Waals surface area contributed by atoms with Gasteiger partial charge in [-0.2, -0.15) is 5.10 Å². The van der Waals surface area contributed by atoms with Crippen molar-refractivity contribution in [3.05, 3.63) is 28.4 Å². The number of aromatic nitrogens is 2. The predicted molar refractivity (Wildman–Crippen MR) is 65.9 cm³/mol. The highest BCUT2D eigenvalue weighted by atomic mass is 79.9. The van der Waals surface area contributed by atoms with Gasteiger partial charge in [-0.25, -0.2) is 0 Å². The first-order valence-corrected chi connectivity index (χ1v) is 5.91. The first-order valence-electron chi connectivity index (χ1n) is 5.12. The van der Waals surface area contributed by atoms with Gasteiger partial charge in [0.1, 0.15) is 5.52 Å². The first kappa shape index (κ1) is 10.6. The third-order valence-corrected chi connectivity index (χ3v) is 3.15. The smallest absolute Gasteiger partial charge is 0.107 e. The van der Waals surface area contributed by atoms with Crippen LogP contribution in [0.2, 0.25) is 0 Å². The standard InChI is InChI=1S/C11H14BrN3/c1-2-15-10(6-7-13)8-4-3-5-9(12)11(8)14-15/h3-5H,2,6-7,13H2,1H3. The summed E-state index contributed by atoms with van der Waals surface area (Å²) in [6, 6.07) is 6.15. The van der Waals surface area contributed by atoms with Crippen molar-refractivity contribution in [1.29, 1.82) is 0 Å². The van der Waals surface area contributed by atoms with Crippen molar-refractivity contribution >= 4 is 26.8 Å². The van der Waals surface area contributed by atoms with Gasteiger partial charge in [-0.05, 0) is 35.5 Å². The molecule has 0 spiro atoms. The maximum atomic E-state index is 5.62. The minimum absolute atomic E-state index is 0.660. The summed E-state index contributed by atoms with van der Waals surface area (Å²) in [5.74, 6) is 0. The molecule has 1 heterocycles. The molecule has 0 bridgehead atoms. The van der Waals surface area contributed by atoms with Crippen LogP contribution in [0.25, 0.3) is 10.9 Å². The van der Waals surface area contributed by atoms with Crippen molar-refractivity contribution in [2.75, 3.05) is 6.54 Å². The van der Waals surface area contributed by atoms with Crippen molar-refractivity contribution in [1.82, 2.24) is 9.78 Å². The third kappa shape index (κ3) is 1.79. The minimum atomic E-state index is 0.660. The van der Waals surface area contributed by atoms with Crippen molar-refractivity contribution in [3.8, 4) is 0 Å². The van der Waals surface area contributed by atoms with Crippen LogP contribution in [0.4, 0.5) is 0 Å². The van der Waals surface area contributed by atoms with Crippen molar-refractivity contribution < 1.29 is 0 Å². The van der Waals surface area contributed by atoms with Gasteiger partial charge < -0.3 is 5.73 Å². The highest BCUT2D eigenvalue weighted by Crippen LogP contribution is 2.25. The molecule has 0 unspecified atom stereocenters. The van der Waals surface area contributed by atoms with Crippen molar-refractivity contribution in [2.45, 2.75) is 19.9 Å². The van der Waals surface area contributed by atoms with Gasteiger partial charge in [0.2, 0.25) is 0 Å². The first-order chi connectivity index (χ1) is 7.27. The summed E-state index contributed by atoms with van der Waals surface area (Å²) in [6.45, 7) is 3.64. The molecule has 0 saturated carbocycles. The highest BCUT2D eigenvalue weighted by Gasteiger charge is 2.10. The van der Waals surface area contributed by atoms with Gasteiger partial charge >= 0.3 is 0 Å². The number of nitrogens with two attached hydrogens (primary N) is 1. The molecule has 0 amide bonds. The van der Waals surface area contributed by atoms with Crippen LogP contribution < -0.4 is 5.73 Å². The zero-order valence-corrected chi connectivity index (χ0v) is 10.3. The van der Waals surface area contributed by atoms with E-state index in [9.17, 15) is 0 Å². The fraction of sp³-hybridized carbons (Fsp3) is 0.364. The molecule has 80 valence electrons. The third-order valence-electron chi connectivity index (χ3n) is 2.51. The zero-order chi connectivity index (χ0) is 10.8. The lowest BCUT2D eigenvalue weighted by Crippen LogP contribution is -2.09. The number of hydrogen-bond acceptors (Lipinski definition) is 2. The lowest BCUT2D eigenvalue weighted by atomic mass is 10.1. The molecule has 4 heteroatoms. The molecule has 15 heavy (non-hydrogen) atoms. The molecule has 0 saturated heterocycles. The topological polar surface area (TPSA) is 43.8 Å². The van der Waals surface area contributed by atoms with Gasteiger partial charge in [0.25, 0.3) is 0 Å². The Labute approximate surface area is 97.4 Å². The molecule has 0 radical (unpaired) electrons. The molecular weight excluding hydrogens is 254 g/mol. The second-order valence-corrected chi connectivity index (χ2v) is 4.29. The van der Waals surface area contributed by atoms with Crippen LogP contribution in [0.5, 0.6) is 0 Å². The fourth-order valence-electron chi connectivity index (χ4n) is 1.83.